The second-order valence-corrected chi connectivity index (χ2v) is 6.78. The van der Waals surface area contributed by atoms with Crippen molar-refractivity contribution in [2.75, 3.05) is 0 Å². The van der Waals surface area contributed by atoms with Gasteiger partial charge in [-0.15, -0.1) is 0 Å². The van der Waals surface area contributed by atoms with E-state index in [1.54, 1.807) is 4.72 Å². The molecule has 0 aromatic heterocycles. The van der Waals surface area contributed by atoms with Crippen molar-refractivity contribution in [1.82, 2.24) is 4.72 Å². The molecule has 0 atom stereocenters. The molecule has 1 aromatic carbocycles. The molecule has 0 fully saturated rings. The van der Waals surface area contributed by atoms with Crippen LogP contribution in [-0.2, 0) is 10.0 Å². The van der Waals surface area contributed by atoms with Gasteiger partial charge in [0.25, 0.3) is 0 Å². The molecule has 0 heterocycles. The van der Waals surface area contributed by atoms with Gasteiger partial charge in [-0.05, 0) is 38.1 Å². The maximum Gasteiger partial charge on any atom is 0.407 e. The molecule has 1 aromatic rings. The van der Waals surface area contributed by atoms with E-state index in [2.05, 4.69) is 15.9 Å². The molecule has 0 aliphatic carbocycles. The highest BCUT2D eigenvalue weighted by Gasteiger charge is 2.49. The number of halogens is 4. The molecule has 1 rings (SSSR count). The van der Waals surface area contributed by atoms with Gasteiger partial charge in [-0.2, -0.15) is 17.9 Å². The quantitative estimate of drug-likeness (QED) is 0.914. The zero-order chi connectivity index (χ0) is 14.2. The van der Waals surface area contributed by atoms with E-state index in [9.17, 15) is 21.6 Å². The molecule has 0 spiro atoms. The molecular formula is C10H11BrF3NO2S. The van der Waals surface area contributed by atoms with Gasteiger partial charge in [-0.25, -0.2) is 8.42 Å². The van der Waals surface area contributed by atoms with Crippen molar-refractivity contribution in [1.29, 1.82) is 0 Å². The Morgan fingerprint density at radius 3 is 1.94 bits per heavy atom. The number of alkyl halides is 3. The van der Waals surface area contributed by atoms with Crippen molar-refractivity contribution in [3.63, 3.8) is 0 Å². The number of rotatable bonds is 3. The first-order valence-corrected chi connectivity index (χ1v) is 7.10. The summed E-state index contributed by atoms with van der Waals surface area (Å²) in [5.41, 5.74) is -2.53. The molecule has 18 heavy (non-hydrogen) atoms. The van der Waals surface area contributed by atoms with Crippen molar-refractivity contribution >= 4 is 26.0 Å². The summed E-state index contributed by atoms with van der Waals surface area (Å²) in [5.74, 6) is 0. The number of hydrogen-bond donors (Lipinski definition) is 1. The second-order valence-electron chi connectivity index (χ2n) is 4.18. The van der Waals surface area contributed by atoms with E-state index in [-0.39, 0.29) is 4.90 Å². The number of benzene rings is 1. The normalized spacial score (nSPS) is 13.7. The van der Waals surface area contributed by atoms with Gasteiger partial charge in [-0.1, -0.05) is 15.9 Å². The molecule has 102 valence electrons. The van der Waals surface area contributed by atoms with Crippen molar-refractivity contribution in [3.05, 3.63) is 28.7 Å². The third kappa shape index (κ3) is 3.46. The highest BCUT2D eigenvalue weighted by Crippen LogP contribution is 2.31. The van der Waals surface area contributed by atoms with Crippen molar-refractivity contribution in [2.24, 2.45) is 0 Å². The minimum atomic E-state index is -4.67. The first-order valence-electron chi connectivity index (χ1n) is 4.82. The van der Waals surface area contributed by atoms with E-state index in [1.807, 2.05) is 0 Å². The van der Waals surface area contributed by atoms with Crippen LogP contribution in [0, 0.1) is 0 Å². The Kier molecular flexibility index (Phi) is 4.14. The molecule has 0 saturated heterocycles. The Hall–Kier alpha value is -0.600. The van der Waals surface area contributed by atoms with Gasteiger partial charge in [0.2, 0.25) is 10.0 Å². The molecule has 0 bridgehead atoms. The fraction of sp³-hybridized carbons (Fsp3) is 0.400. The molecule has 0 aliphatic heterocycles. The lowest BCUT2D eigenvalue weighted by molar-refractivity contribution is -0.180. The molecular weight excluding hydrogens is 335 g/mol. The maximum absolute atomic E-state index is 12.6. The Morgan fingerprint density at radius 2 is 1.56 bits per heavy atom. The van der Waals surface area contributed by atoms with Crippen molar-refractivity contribution in [2.45, 2.75) is 30.5 Å². The summed E-state index contributed by atoms with van der Waals surface area (Å²) in [6.07, 6.45) is -4.67. The molecule has 0 radical (unpaired) electrons. The van der Waals surface area contributed by atoms with Crippen LogP contribution in [0.1, 0.15) is 13.8 Å². The zero-order valence-corrected chi connectivity index (χ0v) is 11.9. The number of hydrogen-bond acceptors (Lipinski definition) is 2. The summed E-state index contributed by atoms with van der Waals surface area (Å²) >= 11 is 3.11. The van der Waals surface area contributed by atoms with Crippen LogP contribution in [0.2, 0.25) is 0 Å². The van der Waals surface area contributed by atoms with Crippen LogP contribution < -0.4 is 4.72 Å². The number of sulfonamides is 1. The van der Waals surface area contributed by atoms with E-state index in [4.69, 9.17) is 0 Å². The SMILES string of the molecule is CC(C)(NS(=O)(=O)c1ccc(Br)cc1)C(F)(F)F. The summed E-state index contributed by atoms with van der Waals surface area (Å²) in [6, 6.07) is 5.32. The van der Waals surface area contributed by atoms with Crippen LogP contribution in [0.3, 0.4) is 0 Å². The summed E-state index contributed by atoms with van der Waals surface area (Å²) in [5, 5.41) is 0. The molecule has 1 N–H and O–H groups in total. The highest BCUT2D eigenvalue weighted by molar-refractivity contribution is 9.10. The summed E-state index contributed by atoms with van der Waals surface area (Å²) in [7, 11) is -4.21. The van der Waals surface area contributed by atoms with Gasteiger partial charge < -0.3 is 0 Å². The standard InChI is InChI=1S/C10H11BrF3NO2S/c1-9(2,10(12,13)14)15-18(16,17)8-5-3-7(11)4-6-8/h3-6,15H,1-2H3. The first-order chi connectivity index (χ1) is 7.96. The van der Waals surface area contributed by atoms with Crippen LogP contribution in [-0.4, -0.2) is 20.1 Å². The van der Waals surface area contributed by atoms with E-state index < -0.39 is 21.7 Å². The number of nitrogens with one attached hydrogen (secondary N) is 1. The van der Waals surface area contributed by atoms with Crippen LogP contribution in [0.4, 0.5) is 13.2 Å². The van der Waals surface area contributed by atoms with Crippen LogP contribution in [0.25, 0.3) is 0 Å². The topological polar surface area (TPSA) is 46.2 Å². The third-order valence-corrected chi connectivity index (χ3v) is 4.42. The summed E-state index contributed by atoms with van der Waals surface area (Å²) in [6.45, 7) is 1.53. The monoisotopic (exact) mass is 345 g/mol. The second kappa shape index (κ2) is 4.82. The first kappa shape index (κ1) is 15.5. The average molecular weight is 346 g/mol. The lowest BCUT2D eigenvalue weighted by atomic mass is 10.1. The van der Waals surface area contributed by atoms with Gasteiger partial charge in [0.05, 0.1) is 4.90 Å². The predicted octanol–water partition coefficient (Wildman–Crippen LogP) is 3.07. The van der Waals surface area contributed by atoms with Gasteiger partial charge in [-0.3, -0.25) is 0 Å². The molecule has 3 nitrogen and oxygen atoms in total. The van der Waals surface area contributed by atoms with E-state index in [0.29, 0.717) is 4.47 Å². The summed E-state index contributed by atoms with van der Waals surface area (Å²) < 4.78 is 63.7. The van der Waals surface area contributed by atoms with Crippen LogP contribution in [0.5, 0.6) is 0 Å². The average Bonchev–Trinajstić information content (AvgIpc) is 2.14. The smallest absolute Gasteiger partial charge is 0.207 e. The Balaban J connectivity index is 3.07. The van der Waals surface area contributed by atoms with Crippen molar-refractivity contribution in [3.8, 4) is 0 Å². The Bertz CT molecular complexity index is 523. The van der Waals surface area contributed by atoms with Crippen LogP contribution >= 0.6 is 15.9 Å². The van der Waals surface area contributed by atoms with Gasteiger partial charge in [0.15, 0.2) is 0 Å². The molecule has 0 aliphatic rings. The molecule has 8 heteroatoms. The fourth-order valence-electron chi connectivity index (χ4n) is 1.07. The van der Waals surface area contributed by atoms with Crippen molar-refractivity contribution < 1.29 is 21.6 Å². The summed E-state index contributed by atoms with van der Waals surface area (Å²) in [4.78, 5) is -0.219. The Labute approximate surface area is 112 Å². The minimum absolute atomic E-state index is 0.219. The highest BCUT2D eigenvalue weighted by atomic mass is 79.9. The van der Waals surface area contributed by atoms with E-state index >= 15 is 0 Å². The van der Waals surface area contributed by atoms with E-state index in [1.165, 1.54) is 24.3 Å². The predicted molar refractivity (Wildman–Crippen MR) is 64.6 cm³/mol. The zero-order valence-electron chi connectivity index (χ0n) is 9.55. The molecule has 0 amide bonds. The minimum Gasteiger partial charge on any atom is -0.207 e. The van der Waals surface area contributed by atoms with Crippen LogP contribution in [0.15, 0.2) is 33.6 Å². The molecule has 0 unspecified atom stereocenters. The van der Waals surface area contributed by atoms with E-state index in [0.717, 1.165) is 13.8 Å². The fourth-order valence-corrected chi connectivity index (χ4v) is 2.73. The van der Waals surface area contributed by atoms with Gasteiger partial charge in [0.1, 0.15) is 5.54 Å². The maximum atomic E-state index is 12.6. The lowest BCUT2D eigenvalue weighted by Crippen LogP contribution is -2.54. The van der Waals surface area contributed by atoms with Gasteiger partial charge >= 0.3 is 6.18 Å². The molecule has 0 saturated carbocycles. The largest absolute Gasteiger partial charge is 0.407 e. The van der Waals surface area contributed by atoms with Gasteiger partial charge in [0, 0.05) is 4.47 Å². The third-order valence-electron chi connectivity index (χ3n) is 2.22. The Morgan fingerprint density at radius 1 is 1.11 bits per heavy atom. The lowest BCUT2D eigenvalue weighted by Gasteiger charge is -2.28.